The molecule has 4 nitrogen and oxygen atoms in total. The first kappa shape index (κ1) is 15.7. The molecule has 0 radical (unpaired) electrons. The topological polar surface area (TPSA) is 66.6 Å². The van der Waals surface area contributed by atoms with Crippen molar-refractivity contribution >= 4 is 5.91 Å². The lowest BCUT2D eigenvalue weighted by Crippen LogP contribution is -2.38. The molecule has 0 saturated heterocycles. The van der Waals surface area contributed by atoms with Crippen molar-refractivity contribution in [1.29, 1.82) is 0 Å². The molecule has 0 aliphatic rings. The minimum atomic E-state index is -0.395. The third-order valence-electron chi connectivity index (χ3n) is 3.37. The number of amides is 1. The van der Waals surface area contributed by atoms with E-state index >= 15 is 0 Å². The molecule has 0 fully saturated rings. The van der Waals surface area contributed by atoms with Crippen LogP contribution >= 0.6 is 0 Å². The fourth-order valence-electron chi connectivity index (χ4n) is 1.96. The maximum absolute atomic E-state index is 12.2. The quantitative estimate of drug-likeness (QED) is 0.819. The molecular formula is C15H24N2O2. The summed E-state index contributed by atoms with van der Waals surface area (Å²) in [5.74, 6) is -0.265. The van der Waals surface area contributed by atoms with Crippen LogP contribution in [0.5, 0.6) is 0 Å². The smallest absolute Gasteiger partial charge is 0.227 e. The highest BCUT2D eigenvalue weighted by Gasteiger charge is 2.24. The highest BCUT2D eigenvalue weighted by molar-refractivity contribution is 5.79. The number of hydrogen-bond acceptors (Lipinski definition) is 3. The van der Waals surface area contributed by atoms with Gasteiger partial charge in [-0.05, 0) is 18.9 Å². The average Bonchev–Trinajstić information content (AvgIpc) is 2.43. The monoisotopic (exact) mass is 264 g/mol. The molecule has 1 rings (SSSR count). The standard InChI is InChI=1S/C15H24N2O2/c1-11(18)9-10-17(3)15(19)12(2)14(16)13-7-5-4-6-8-13/h4-8,11-12,14,18H,9-10,16H2,1-3H3. The second-order valence-corrected chi connectivity index (χ2v) is 5.12. The normalized spacial score (nSPS) is 15.6. The van der Waals surface area contributed by atoms with E-state index in [-0.39, 0.29) is 17.9 Å². The summed E-state index contributed by atoms with van der Waals surface area (Å²) < 4.78 is 0. The van der Waals surface area contributed by atoms with Crippen LogP contribution < -0.4 is 5.73 Å². The Morgan fingerprint density at radius 2 is 1.89 bits per heavy atom. The van der Waals surface area contributed by atoms with Gasteiger partial charge in [0.1, 0.15) is 0 Å². The van der Waals surface area contributed by atoms with Crippen LogP contribution in [0.2, 0.25) is 0 Å². The Hall–Kier alpha value is -1.39. The number of aliphatic hydroxyl groups excluding tert-OH is 1. The summed E-state index contributed by atoms with van der Waals surface area (Å²) in [5, 5.41) is 9.25. The van der Waals surface area contributed by atoms with E-state index in [2.05, 4.69) is 0 Å². The Kier molecular flexibility index (Phi) is 5.99. The van der Waals surface area contributed by atoms with Crippen LogP contribution in [-0.2, 0) is 4.79 Å². The molecule has 1 aromatic rings. The summed E-state index contributed by atoms with van der Waals surface area (Å²) in [6, 6.07) is 9.33. The predicted octanol–water partition coefficient (Wildman–Crippen LogP) is 1.55. The summed E-state index contributed by atoms with van der Waals surface area (Å²) in [6.07, 6.45) is 0.184. The number of benzene rings is 1. The van der Waals surface area contributed by atoms with Gasteiger partial charge in [0.05, 0.1) is 12.0 Å². The van der Waals surface area contributed by atoms with Gasteiger partial charge in [0.25, 0.3) is 0 Å². The van der Waals surface area contributed by atoms with Crippen LogP contribution in [0.4, 0.5) is 0 Å². The Labute approximate surface area is 115 Å². The van der Waals surface area contributed by atoms with E-state index in [9.17, 15) is 9.90 Å². The highest BCUT2D eigenvalue weighted by atomic mass is 16.3. The van der Waals surface area contributed by atoms with Gasteiger partial charge >= 0.3 is 0 Å². The summed E-state index contributed by atoms with van der Waals surface area (Å²) in [7, 11) is 1.75. The molecule has 0 spiro atoms. The summed E-state index contributed by atoms with van der Waals surface area (Å²) in [5.41, 5.74) is 7.10. The fraction of sp³-hybridized carbons (Fsp3) is 0.533. The molecule has 19 heavy (non-hydrogen) atoms. The van der Waals surface area contributed by atoms with Gasteiger partial charge in [-0.3, -0.25) is 4.79 Å². The van der Waals surface area contributed by atoms with Crippen LogP contribution in [0.1, 0.15) is 31.9 Å². The number of hydrogen-bond donors (Lipinski definition) is 2. The number of carbonyl (C=O) groups is 1. The molecule has 3 atom stereocenters. The first-order chi connectivity index (χ1) is 8.93. The number of carbonyl (C=O) groups excluding carboxylic acids is 1. The van der Waals surface area contributed by atoms with Crippen molar-refractivity contribution in [3.8, 4) is 0 Å². The lowest BCUT2D eigenvalue weighted by atomic mass is 9.94. The van der Waals surface area contributed by atoms with Gasteiger partial charge in [-0.25, -0.2) is 0 Å². The fourth-order valence-corrected chi connectivity index (χ4v) is 1.96. The van der Waals surface area contributed by atoms with Gasteiger partial charge in [0.2, 0.25) is 5.91 Å². The van der Waals surface area contributed by atoms with Crippen molar-refractivity contribution in [2.24, 2.45) is 11.7 Å². The van der Waals surface area contributed by atoms with Gasteiger partial charge in [-0.15, -0.1) is 0 Å². The lowest BCUT2D eigenvalue weighted by molar-refractivity contribution is -0.134. The minimum Gasteiger partial charge on any atom is -0.393 e. The maximum Gasteiger partial charge on any atom is 0.227 e. The Morgan fingerprint density at radius 1 is 1.32 bits per heavy atom. The first-order valence-electron chi connectivity index (χ1n) is 6.67. The van der Waals surface area contributed by atoms with Crippen LogP contribution in [0.3, 0.4) is 0 Å². The van der Waals surface area contributed by atoms with Crippen molar-refractivity contribution in [1.82, 2.24) is 4.90 Å². The lowest BCUT2D eigenvalue weighted by Gasteiger charge is -2.26. The van der Waals surface area contributed by atoms with Gasteiger partial charge in [-0.1, -0.05) is 37.3 Å². The van der Waals surface area contributed by atoms with E-state index in [1.165, 1.54) is 0 Å². The van der Waals surface area contributed by atoms with E-state index in [0.29, 0.717) is 13.0 Å². The Bertz CT molecular complexity index is 392. The summed E-state index contributed by atoms with van der Waals surface area (Å²) in [4.78, 5) is 13.9. The third-order valence-corrected chi connectivity index (χ3v) is 3.37. The molecule has 4 heteroatoms. The largest absolute Gasteiger partial charge is 0.393 e. The SMILES string of the molecule is CC(O)CCN(C)C(=O)C(C)C(N)c1ccccc1. The van der Waals surface area contributed by atoms with Gasteiger partial charge in [0, 0.05) is 19.6 Å². The molecule has 3 N–H and O–H groups in total. The molecule has 0 bridgehead atoms. The molecule has 0 heterocycles. The van der Waals surface area contributed by atoms with E-state index in [1.54, 1.807) is 18.9 Å². The molecule has 106 valence electrons. The van der Waals surface area contributed by atoms with Crippen LogP contribution in [0.15, 0.2) is 30.3 Å². The number of nitrogens with two attached hydrogens (primary N) is 1. The zero-order valence-electron chi connectivity index (χ0n) is 11.9. The van der Waals surface area contributed by atoms with Gasteiger partial charge in [0.15, 0.2) is 0 Å². The van der Waals surface area contributed by atoms with Crippen molar-refractivity contribution in [2.75, 3.05) is 13.6 Å². The van der Waals surface area contributed by atoms with Crippen LogP contribution in [-0.4, -0.2) is 35.6 Å². The zero-order chi connectivity index (χ0) is 14.4. The second-order valence-electron chi connectivity index (χ2n) is 5.12. The number of aliphatic hydroxyl groups is 1. The Morgan fingerprint density at radius 3 is 2.42 bits per heavy atom. The average molecular weight is 264 g/mol. The maximum atomic E-state index is 12.2. The van der Waals surface area contributed by atoms with Crippen molar-refractivity contribution in [3.63, 3.8) is 0 Å². The summed E-state index contributed by atoms with van der Waals surface area (Å²) in [6.45, 7) is 4.11. The zero-order valence-corrected chi connectivity index (χ0v) is 11.9. The molecule has 3 unspecified atom stereocenters. The predicted molar refractivity (Wildman–Crippen MR) is 76.5 cm³/mol. The Balaban J connectivity index is 2.61. The molecule has 1 amide bonds. The molecular weight excluding hydrogens is 240 g/mol. The molecule has 0 saturated carbocycles. The van der Waals surface area contributed by atoms with E-state index in [4.69, 9.17) is 5.73 Å². The van der Waals surface area contributed by atoms with Crippen molar-refractivity contribution in [3.05, 3.63) is 35.9 Å². The van der Waals surface area contributed by atoms with Crippen LogP contribution in [0.25, 0.3) is 0 Å². The number of nitrogens with zero attached hydrogens (tertiary/aromatic N) is 1. The molecule has 0 aliphatic carbocycles. The number of rotatable bonds is 6. The van der Waals surface area contributed by atoms with E-state index in [1.807, 2.05) is 37.3 Å². The third kappa shape index (κ3) is 4.65. The molecule has 0 aromatic heterocycles. The highest BCUT2D eigenvalue weighted by Crippen LogP contribution is 2.20. The van der Waals surface area contributed by atoms with Crippen molar-refractivity contribution in [2.45, 2.75) is 32.4 Å². The minimum absolute atomic E-state index is 0.0111. The van der Waals surface area contributed by atoms with Gasteiger partial charge < -0.3 is 15.7 Å². The van der Waals surface area contributed by atoms with E-state index in [0.717, 1.165) is 5.56 Å². The molecule has 0 aliphatic heterocycles. The van der Waals surface area contributed by atoms with Crippen LogP contribution in [0, 0.1) is 5.92 Å². The van der Waals surface area contributed by atoms with E-state index < -0.39 is 6.10 Å². The molecule has 1 aromatic carbocycles. The second kappa shape index (κ2) is 7.26. The summed E-state index contributed by atoms with van der Waals surface area (Å²) >= 11 is 0. The van der Waals surface area contributed by atoms with Crippen molar-refractivity contribution < 1.29 is 9.90 Å². The van der Waals surface area contributed by atoms with Gasteiger partial charge in [-0.2, -0.15) is 0 Å². The first-order valence-corrected chi connectivity index (χ1v) is 6.67.